The number of hydrogen-bond donors (Lipinski definition) is 3. The van der Waals surface area contributed by atoms with Gasteiger partial charge in [0.25, 0.3) is 0 Å². The fraction of sp³-hybridized carbons (Fsp3) is 0. The number of benzene rings is 1. The number of aromatic carboxylic acids is 1. The van der Waals surface area contributed by atoms with Gasteiger partial charge < -0.3 is 20.4 Å². The number of carbonyl (C=O) groups is 1. The van der Waals surface area contributed by atoms with E-state index >= 15 is 0 Å². The van der Waals surface area contributed by atoms with Crippen molar-refractivity contribution in [3.05, 3.63) is 17.7 Å². The molecule has 0 spiro atoms. The Kier molecular flexibility index (Phi) is 1.78. The second-order valence-electron chi connectivity index (χ2n) is 2.15. The zero-order chi connectivity index (χ0) is 9.30. The first-order valence-electron chi connectivity index (χ1n) is 2.98. The minimum Gasteiger partial charge on any atom is -0.869 e. The third-order valence-corrected chi connectivity index (χ3v) is 1.28. The molecule has 0 atom stereocenters. The SMILES string of the molecule is O=C(O)c1cc(O)cc(O)c1[O-]. The Morgan fingerprint density at radius 1 is 1.33 bits per heavy atom. The number of carboxylic acid groups (broad SMARTS) is 1. The van der Waals surface area contributed by atoms with E-state index in [1.54, 1.807) is 0 Å². The monoisotopic (exact) mass is 169 g/mol. The number of rotatable bonds is 1. The van der Waals surface area contributed by atoms with E-state index in [-0.39, 0.29) is 0 Å². The van der Waals surface area contributed by atoms with Gasteiger partial charge in [-0.2, -0.15) is 0 Å². The highest BCUT2D eigenvalue weighted by molar-refractivity contribution is 5.92. The van der Waals surface area contributed by atoms with E-state index in [9.17, 15) is 9.90 Å². The van der Waals surface area contributed by atoms with Crippen LogP contribution < -0.4 is 5.11 Å². The molecule has 64 valence electrons. The van der Waals surface area contributed by atoms with E-state index in [4.69, 9.17) is 15.3 Å². The molecule has 0 heterocycles. The van der Waals surface area contributed by atoms with Gasteiger partial charge in [-0.1, -0.05) is 5.75 Å². The van der Waals surface area contributed by atoms with E-state index in [2.05, 4.69) is 0 Å². The van der Waals surface area contributed by atoms with Gasteiger partial charge in [0.05, 0.1) is 5.56 Å². The summed E-state index contributed by atoms with van der Waals surface area (Å²) in [6.45, 7) is 0. The molecule has 0 aliphatic rings. The molecule has 1 aromatic carbocycles. The number of aromatic hydroxyl groups is 2. The van der Waals surface area contributed by atoms with Gasteiger partial charge in [-0.15, -0.1) is 0 Å². The summed E-state index contributed by atoms with van der Waals surface area (Å²) in [5.41, 5.74) is -0.646. The first kappa shape index (κ1) is 8.19. The van der Waals surface area contributed by atoms with Crippen molar-refractivity contribution in [3.8, 4) is 17.2 Å². The largest absolute Gasteiger partial charge is 0.869 e. The minimum atomic E-state index is -1.48. The van der Waals surface area contributed by atoms with E-state index in [1.165, 1.54) is 0 Å². The van der Waals surface area contributed by atoms with Crippen molar-refractivity contribution in [2.24, 2.45) is 0 Å². The van der Waals surface area contributed by atoms with E-state index in [0.29, 0.717) is 0 Å². The molecule has 12 heavy (non-hydrogen) atoms. The number of phenols is 2. The second kappa shape index (κ2) is 2.61. The molecule has 3 N–H and O–H groups in total. The molecule has 0 saturated heterocycles. The van der Waals surface area contributed by atoms with E-state index < -0.39 is 28.8 Å². The van der Waals surface area contributed by atoms with Crippen molar-refractivity contribution >= 4 is 5.97 Å². The highest BCUT2D eigenvalue weighted by atomic mass is 16.4. The Hall–Kier alpha value is -1.91. The van der Waals surface area contributed by atoms with Gasteiger partial charge in [0.1, 0.15) is 11.5 Å². The van der Waals surface area contributed by atoms with Crippen molar-refractivity contribution in [2.45, 2.75) is 0 Å². The lowest BCUT2D eigenvalue weighted by molar-refractivity contribution is -0.270. The Bertz CT molecular complexity index is 331. The third-order valence-electron chi connectivity index (χ3n) is 1.28. The molecule has 0 aliphatic carbocycles. The van der Waals surface area contributed by atoms with Crippen LogP contribution in [0.15, 0.2) is 12.1 Å². The highest BCUT2D eigenvalue weighted by Gasteiger charge is 2.08. The van der Waals surface area contributed by atoms with Crippen LogP contribution in [0.25, 0.3) is 0 Å². The molecule has 5 heteroatoms. The summed E-state index contributed by atoms with van der Waals surface area (Å²) in [5, 5.41) is 36.8. The molecule has 1 rings (SSSR count). The Morgan fingerprint density at radius 2 is 1.92 bits per heavy atom. The van der Waals surface area contributed by atoms with Crippen LogP contribution >= 0.6 is 0 Å². The fourth-order valence-electron chi connectivity index (χ4n) is 0.758. The first-order valence-corrected chi connectivity index (χ1v) is 2.98. The van der Waals surface area contributed by atoms with Crippen LogP contribution in [0.3, 0.4) is 0 Å². The van der Waals surface area contributed by atoms with Gasteiger partial charge in [0.2, 0.25) is 0 Å². The molecule has 0 bridgehead atoms. The molecular formula is C7H5O5-. The van der Waals surface area contributed by atoms with E-state index in [1.807, 2.05) is 0 Å². The summed E-state index contributed by atoms with van der Waals surface area (Å²) in [4.78, 5) is 10.3. The topological polar surface area (TPSA) is 101 Å². The fourth-order valence-corrected chi connectivity index (χ4v) is 0.758. The van der Waals surface area contributed by atoms with Crippen molar-refractivity contribution in [3.63, 3.8) is 0 Å². The summed E-state index contributed by atoms with van der Waals surface area (Å²) in [6, 6.07) is 1.57. The lowest BCUT2D eigenvalue weighted by Gasteiger charge is -2.11. The van der Waals surface area contributed by atoms with Crippen molar-refractivity contribution in [1.82, 2.24) is 0 Å². The normalized spacial score (nSPS) is 9.67. The van der Waals surface area contributed by atoms with Crippen LogP contribution in [0, 0.1) is 0 Å². The van der Waals surface area contributed by atoms with Crippen molar-refractivity contribution in [1.29, 1.82) is 0 Å². The van der Waals surface area contributed by atoms with Crippen molar-refractivity contribution < 1.29 is 25.2 Å². The first-order chi connectivity index (χ1) is 5.52. The lowest BCUT2D eigenvalue weighted by atomic mass is 10.2. The molecule has 0 amide bonds. The standard InChI is InChI=1S/C7H6O5/c8-3-1-4(7(11)12)6(10)5(9)2-3/h1-2,8-10H,(H,11,12)/p-1. The highest BCUT2D eigenvalue weighted by Crippen LogP contribution is 2.30. The van der Waals surface area contributed by atoms with Gasteiger partial charge in [0.15, 0.2) is 0 Å². The van der Waals surface area contributed by atoms with E-state index in [0.717, 1.165) is 12.1 Å². The van der Waals surface area contributed by atoms with Gasteiger partial charge >= 0.3 is 5.97 Å². The number of carboxylic acids is 1. The summed E-state index contributed by atoms with van der Waals surface area (Å²) < 4.78 is 0. The Labute approximate surface area is 67.1 Å². The molecular weight excluding hydrogens is 164 g/mol. The van der Waals surface area contributed by atoms with Crippen LogP contribution in [0.5, 0.6) is 17.2 Å². The molecule has 0 radical (unpaired) electrons. The molecule has 0 aliphatic heterocycles. The number of hydrogen-bond acceptors (Lipinski definition) is 4. The quantitative estimate of drug-likeness (QED) is 0.543. The lowest BCUT2D eigenvalue weighted by Crippen LogP contribution is -2.03. The summed E-state index contributed by atoms with van der Waals surface area (Å²) in [7, 11) is 0. The zero-order valence-corrected chi connectivity index (χ0v) is 5.81. The average molecular weight is 169 g/mol. The summed E-state index contributed by atoms with van der Waals surface area (Å²) in [6.07, 6.45) is 0. The summed E-state index contributed by atoms with van der Waals surface area (Å²) in [5.74, 6) is -3.71. The van der Waals surface area contributed by atoms with Gasteiger partial charge in [-0.3, -0.25) is 0 Å². The second-order valence-corrected chi connectivity index (χ2v) is 2.15. The van der Waals surface area contributed by atoms with Gasteiger partial charge in [-0.25, -0.2) is 4.79 Å². The molecule has 1 aromatic rings. The maximum absolute atomic E-state index is 10.8. The van der Waals surface area contributed by atoms with Crippen LogP contribution in [-0.4, -0.2) is 21.3 Å². The predicted molar refractivity (Wildman–Crippen MR) is 36.2 cm³/mol. The molecule has 0 fully saturated rings. The Morgan fingerprint density at radius 3 is 2.42 bits per heavy atom. The summed E-state index contributed by atoms with van der Waals surface area (Å²) >= 11 is 0. The predicted octanol–water partition coefficient (Wildman–Crippen LogP) is -0.130. The maximum atomic E-state index is 10.8. The van der Waals surface area contributed by atoms with Crippen LogP contribution in [0.2, 0.25) is 0 Å². The molecule has 5 nitrogen and oxygen atoms in total. The maximum Gasteiger partial charge on any atom is 0.335 e. The van der Waals surface area contributed by atoms with Gasteiger partial charge in [0, 0.05) is 6.07 Å². The number of phenolic OH excluding ortho intramolecular Hbond substituents is 2. The molecule has 0 unspecified atom stereocenters. The Balaban J connectivity index is 3.37. The zero-order valence-electron chi connectivity index (χ0n) is 5.81. The van der Waals surface area contributed by atoms with Crippen LogP contribution in [-0.2, 0) is 0 Å². The third kappa shape index (κ3) is 1.24. The average Bonchev–Trinajstić information content (AvgIpc) is 1.96. The van der Waals surface area contributed by atoms with Crippen molar-refractivity contribution in [2.75, 3.05) is 0 Å². The molecule has 0 saturated carbocycles. The molecule has 0 aromatic heterocycles. The van der Waals surface area contributed by atoms with Crippen LogP contribution in [0.1, 0.15) is 10.4 Å². The van der Waals surface area contributed by atoms with Crippen LogP contribution in [0.4, 0.5) is 0 Å². The van der Waals surface area contributed by atoms with Gasteiger partial charge in [-0.05, 0) is 6.07 Å². The smallest absolute Gasteiger partial charge is 0.335 e. The minimum absolute atomic E-state index is 0.454.